The molecule has 104 valence electrons. The van der Waals surface area contributed by atoms with Gasteiger partial charge in [0.2, 0.25) is 5.75 Å². The van der Waals surface area contributed by atoms with Crippen molar-refractivity contribution in [1.82, 2.24) is 9.97 Å². The van der Waals surface area contributed by atoms with Crippen LogP contribution in [0.1, 0.15) is 24.3 Å². The quantitative estimate of drug-likeness (QED) is 0.629. The van der Waals surface area contributed by atoms with Crippen molar-refractivity contribution in [2.45, 2.75) is 20.0 Å². The topological polar surface area (TPSA) is 78.2 Å². The van der Waals surface area contributed by atoms with Crippen LogP contribution in [0, 0.1) is 17.0 Å². The SMILES string of the molecule is Cc1ccnc([C@@H](C)Oc2cc(Br)cnc2[N+](=O)[O-])c1. The standard InChI is InChI=1S/C13H12BrN3O3/c1-8-3-4-15-11(5-8)9(2)20-12-6-10(14)7-16-13(12)17(18)19/h3-7,9H,1-2H3/t9-/m1/s1. The summed E-state index contributed by atoms with van der Waals surface area (Å²) in [6.07, 6.45) is 2.63. The van der Waals surface area contributed by atoms with Gasteiger partial charge in [0.05, 0.1) is 10.2 Å². The maximum atomic E-state index is 10.9. The molecule has 0 fully saturated rings. The van der Waals surface area contributed by atoms with E-state index >= 15 is 0 Å². The predicted molar refractivity (Wildman–Crippen MR) is 76.6 cm³/mol. The fraction of sp³-hybridized carbons (Fsp3) is 0.231. The van der Waals surface area contributed by atoms with E-state index < -0.39 is 11.0 Å². The van der Waals surface area contributed by atoms with Gasteiger partial charge in [-0.25, -0.2) is 0 Å². The Morgan fingerprint density at radius 3 is 2.80 bits per heavy atom. The molecule has 2 rings (SSSR count). The van der Waals surface area contributed by atoms with Crippen molar-refractivity contribution in [3.05, 3.63) is 56.4 Å². The number of nitrogens with zero attached hydrogens (tertiary/aromatic N) is 3. The summed E-state index contributed by atoms with van der Waals surface area (Å²) in [4.78, 5) is 18.3. The molecule has 0 N–H and O–H groups in total. The van der Waals surface area contributed by atoms with Crippen LogP contribution in [0.15, 0.2) is 35.1 Å². The first-order valence-electron chi connectivity index (χ1n) is 5.86. The smallest absolute Gasteiger partial charge is 0.406 e. The van der Waals surface area contributed by atoms with Crippen LogP contribution in [-0.2, 0) is 0 Å². The number of hydrogen-bond acceptors (Lipinski definition) is 5. The molecule has 0 aromatic carbocycles. The van der Waals surface area contributed by atoms with Crippen molar-refractivity contribution >= 4 is 21.7 Å². The van der Waals surface area contributed by atoms with E-state index in [1.807, 2.05) is 19.1 Å². The van der Waals surface area contributed by atoms with Crippen LogP contribution in [0.25, 0.3) is 0 Å². The summed E-state index contributed by atoms with van der Waals surface area (Å²) in [5.74, 6) is -0.201. The van der Waals surface area contributed by atoms with Gasteiger partial charge in [-0.3, -0.25) is 4.98 Å². The molecule has 20 heavy (non-hydrogen) atoms. The molecule has 0 spiro atoms. The zero-order valence-electron chi connectivity index (χ0n) is 10.9. The van der Waals surface area contributed by atoms with Gasteiger partial charge in [-0.15, -0.1) is 0 Å². The number of hydrogen-bond donors (Lipinski definition) is 0. The van der Waals surface area contributed by atoms with Gasteiger partial charge < -0.3 is 14.9 Å². The van der Waals surface area contributed by atoms with Crippen molar-refractivity contribution in [2.75, 3.05) is 0 Å². The Balaban J connectivity index is 2.29. The van der Waals surface area contributed by atoms with E-state index in [4.69, 9.17) is 4.74 Å². The fourth-order valence-corrected chi connectivity index (χ4v) is 1.98. The van der Waals surface area contributed by atoms with E-state index in [1.54, 1.807) is 13.1 Å². The Bertz CT molecular complexity index is 649. The minimum Gasteiger partial charge on any atom is -0.476 e. The molecule has 0 bridgehead atoms. The predicted octanol–water partition coefficient (Wildman–Crippen LogP) is 3.60. The summed E-state index contributed by atoms with van der Waals surface area (Å²) in [6.45, 7) is 3.73. The van der Waals surface area contributed by atoms with Crippen molar-refractivity contribution in [3.63, 3.8) is 0 Å². The summed E-state index contributed by atoms with van der Waals surface area (Å²) in [5, 5.41) is 10.9. The molecular weight excluding hydrogens is 326 g/mol. The highest BCUT2D eigenvalue weighted by molar-refractivity contribution is 9.10. The molecule has 0 unspecified atom stereocenters. The van der Waals surface area contributed by atoms with Crippen molar-refractivity contribution in [2.24, 2.45) is 0 Å². The average Bonchev–Trinajstić information content (AvgIpc) is 2.38. The van der Waals surface area contributed by atoms with E-state index in [1.165, 1.54) is 12.3 Å². The van der Waals surface area contributed by atoms with E-state index in [0.717, 1.165) is 5.56 Å². The zero-order chi connectivity index (χ0) is 14.7. The summed E-state index contributed by atoms with van der Waals surface area (Å²) < 4.78 is 6.25. The highest BCUT2D eigenvalue weighted by Gasteiger charge is 2.20. The second-order valence-corrected chi connectivity index (χ2v) is 5.17. The number of pyridine rings is 2. The third kappa shape index (κ3) is 3.30. The van der Waals surface area contributed by atoms with E-state index in [0.29, 0.717) is 10.2 Å². The molecular formula is C13H12BrN3O3. The largest absolute Gasteiger partial charge is 0.476 e. The molecule has 0 aliphatic rings. The highest BCUT2D eigenvalue weighted by Crippen LogP contribution is 2.31. The van der Waals surface area contributed by atoms with Gasteiger partial charge in [-0.1, -0.05) is 0 Å². The molecule has 0 aliphatic heterocycles. The van der Waals surface area contributed by atoms with Gasteiger partial charge in [0.15, 0.2) is 6.20 Å². The summed E-state index contributed by atoms with van der Waals surface area (Å²) in [7, 11) is 0. The molecule has 7 heteroatoms. The van der Waals surface area contributed by atoms with Crippen molar-refractivity contribution in [3.8, 4) is 5.75 Å². The lowest BCUT2D eigenvalue weighted by atomic mass is 10.2. The fourth-order valence-electron chi connectivity index (χ4n) is 1.67. The van der Waals surface area contributed by atoms with Gasteiger partial charge in [0, 0.05) is 12.3 Å². The van der Waals surface area contributed by atoms with Crippen LogP contribution in [0.4, 0.5) is 5.82 Å². The maximum absolute atomic E-state index is 10.9. The minimum absolute atomic E-state index is 0.111. The third-order valence-electron chi connectivity index (χ3n) is 2.63. The lowest BCUT2D eigenvalue weighted by Gasteiger charge is -2.14. The van der Waals surface area contributed by atoms with Crippen LogP contribution < -0.4 is 4.74 Å². The number of ether oxygens (including phenoxy) is 1. The van der Waals surface area contributed by atoms with Gasteiger partial charge >= 0.3 is 5.82 Å². The van der Waals surface area contributed by atoms with E-state index in [9.17, 15) is 10.1 Å². The van der Waals surface area contributed by atoms with Crippen LogP contribution >= 0.6 is 15.9 Å². The first kappa shape index (κ1) is 14.4. The molecule has 6 nitrogen and oxygen atoms in total. The Kier molecular flexibility index (Phi) is 4.29. The average molecular weight is 338 g/mol. The Hall–Kier alpha value is -2.02. The van der Waals surface area contributed by atoms with Crippen LogP contribution in [0.2, 0.25) is 0 Å². The van der Waals surface area contributed by atoms with E-state index in [2.05, 4.69) is 25.9 Å². The van der Waals surface area contributed by atoms with Gasteiger partial charge in [-0.05, 0) is 57.4 Å². The lowest BCUT2D eigenvalue weighted by Crippen LogP contribution is -2.07. The Labute approximate surface area is 124 Å². The normalized spacial score (nSPS) is 11.9. The third-order valence-corrected chi connectivity index (χ3v) is 3.06. The summed E-state index contributed by atoms with van der Waals surface area (Å²) in [5.41, 5.74) is 1.76. The van der Waals surface area contributed by atoms with Crippen LogP contribution in [0.3, 0.4) is 0 Å². The number of rotatable bonds is 4. The monoisotopic (exact) mass is 337 g/mol. The Morgan fingerprint density at radius 1 is 1.40 bits per heavy atom. The summed E-state index contributed by atoms with van der Waals surface area (Å²) >= 11 is 3.22. The number of nitro groups is 1. The van der Waals surface area contributed by atoms with Gasteiger partial charge in [-0.2, -0.15) is 0 Å². The molecule has 0 aliphatic carbocycles. The molecule has 0 amide bonds. The zero-order valence-corrected chi connectivity index (χ0v) is 12.5. The number of halogens is 1. The first-order valence-corrected chi connectivity index (χ1v) is 6.66. The van der Waals surface area contributed by atoms with E-state index in [-0.39, 0.29) is 11.6 Å². The molecule has 0 saturated heterocycles. The summed E-state index contributed by atoms with van der Waals surface area (Å²) in [6, 6.07) is 5.28. The van der Waals surface area contributed by atoms with Crippen molar-refractivity contribution < 1.29 is 9.66 Å². The Morgan fingerprint density at radius 2 is 2.15 bits per heavy atom. The van der Waals surface area contributed by atoms with Crippen LogP contribution in [0.5, 0.6) is 5.75 Å². The highest BCUT2D eigenvalue weighted by atomic mass is 79.9. The van der Waals surface area contributed by atoms with Gasteiger partial charge in [0.25, 0.3) is 0 Å². The molecule has 0 saturated carbocycles. The molecule has 1 atom stereocenters. The molecule has 2 heterocycles. The minimum atomic E-state index is -0.571. The molecule has 0 radical (unpaired) electrons. The molecule has 2 aromatic rings. The second kappa shape index (κ2) is 5.96. The second-order valence-electron chi connectivity index (χ2n) is 4.25. The van der Waals surface area contributed by atoms with Gasteiger partial charge in [0.1, 0.15) is 6.10 Å². The number of aromatic nitrogens is 2. The first-order chi connectivity index (χ1) is 9.47. The maximum Gasteiger partial charge on any atom is 0.406 e. The lowest BCUT2D eigenvalue weighted by molar-refractivity contribution is -0.390. The number of aryl methyl sites for hydroxylation is 1. The molecule has 2 aromatic heterocycles. The van der Waals surface area contributed by atoms with Crippen LogP contribution in [-0.4, -0.2) is 14.9 Å². The van der Waals surface area contributed by atoms with Crippen molar-refractivity contribution in [1.29, 1.82) is 0 Å².